The van der Waals surface area contributed by atoms with Crippen molar-refractivity contribution in [2.75, 3.05) is 0 Å². The number of nitro groups is 2. The van der Waals surface area contributed by atoms with Crippen LogP contribution in [0.25, 0.3) is 20.2 Å². The largest absolute Gasteiger partial charge is 0.364 e. The van der Waals surface area contributed by atoms with Crippen LogP contribution in [-0.2, 0) is 0 Å². The van der Waals surface area contributed by atoms with Crippen molar-refractivity contribution in [3.63, 3.8) is 0 Å². The highest BCUT2D eigenvalue weighted by molar-refractivity contribution is 7.21. The molecule has 0 aromatic carbocycles. The fourth-order valence-electron chi connectivity index (χ4n) is 1.93. The van der Waals surface area contributed by atoms with E-state index >= 15 is 0 Å². The van der Waals surface area contributed by atoms with Crippen molar-refractivity contribution >= 4 is 45.4 Å². The molecule has 0 amide bonds. The van der Waals surface area contributed by atoms with Gasteiger partial charge in [0, 0.05) is 10.4 Å². The van der Waals surface area contributed by atoms with Gasteiger partial charge in [0.05, 0.1) is 20.1 Å². The van der Waals surface area contributed by atoms with Crippen LogP contribution in [-0.4, -0.2) is 9.85 Å². The molecule has 0 radical (unpaired) electrons. The van der Waals surface area contributed by atoms with Gasteiger partial charge in [-0.05, 0) is 22.9 Å². The normalized spacial score (nSPS) is 10.7. The van der Waals surface area contributed by atoms with E-state index in [2.05, 4.69) is 0 Å². The lowest BCUT2D eigenvalue weighted by Crippen LogP contribution is -1.94. The van der Waals surface area contributed by atoms with E-state index in [9.17, 15) is 20.2 Å². The Bertz CT molecular complexity index is 820. The highest BCUT2D eigenvalue weighted by atomic mass is 32.1. The van der Waals surface area contributed by atoms with Gasteiger partial charge in [0.15, 0.2) is 0 Å². The third-order valence-electron chi connectivity index (χ3n) is 2.78. The summed E-state index contributed by atoms with van der Waals surface area (Å²) < 4.78 is 0. The van der Waals surface area contributed by atoms with E-state index in [-0.39, 0.29) is 0 Å². The lowest BCUT2D eigenvalue weighted by atomic mass is 10.1. The Balaban J connectivity index is 2.21. The predicted molar refractivity (Wildman–Crippen MR) is 84.3 cm³/mol. The molecule has 0 aliphatic rings. The van der Waals surface area contributed by atoms with E-state index in [4.69, 9.17) is 0 Å². The Kier molecular flexibility index (Phi) is 3.53. The zero-order chi connectivity index (χ0) is 15.0. The summed E-state index contributed by atoms with van der Waals surface area (Å²) >= 11 is 4.02. The Morgan fingerprint density at radius 1 is 0.905 bits per heavy atom. The molecule has 6 nitrogen and oxygen atoms in total. The summed E-state index contributed by atoms with van der Waals surface area (Å²) in [5.41, 5.74) is -0.211. The van der Waals surface area contributed by atoms with Crippen molar-refractivity contribution in [1.82, 2.24) is 0 Å². The third-order valence-corrected chi connectivity index (χ3v) is 5.73. The number of rotatable bonds is 4. The van der Waals surface area contributed by atoms with E-state index in [0.717, 1.165) is 21.1 Å². The maximum atomic E-state index is 11.2. The standard InChI is InChI=1S/C12H6N2O4S3/c15-13(16)8-6-21-12(10(8)14(17)18)7-3-5-20-11(7)9-2-1-4-19-9/h1-6H. The fourth-order valence-corrected chi connectivity index (χ4v) is 4.79. The summed E-state index contributed by atoms with van der Waals surface area (Å²) in [6.07, 6.45) is 0. The molecular weight excluding hydrogens is 332 g/mol. The van der Waals surface area contributed by atoms with Gasteiger partial charge in [-0.1, -0.05) is 6.07 Å². The average molecular weight is 338 g/mol. The van der Waals surface area contributed by atoms with Crippen LogP contribution in [0.1, 0.15) is 0 Å². The summed E-state index contributed by atoms with van der Waals surface area (Å²) in [5, 5.41) is 27.1. The van der Waals surface area contributed by atoms with Crippen molar-refractivity contribution in [2.24, 2.45) is 0 Å². The van der Waals surface area contributed by atoms with Crippen LogP contribution in [0.3, 0.4) is 0 Å². The second-order valence-corrected chi connectivity index (χ2v) is 6.70. The molecule has 0 N–H and O–H groups in total. The molecule has 3 heterocycles. The maximum absolute atomic E-state index is 11.2. The van der Waals surface area contributed by atoms with Gasteiger partial charge in [0.1, 0.15) is 4.88 Å². The van der Waals surface area contributed by atoms with E-state index in [0.29, 0.717) is 10.4 Å². The van der Waals surface area contributed by atoms with Gasteiger partial charge in [-0.2, -0.15) is 0 Å². The third kappa shape index (κ3) is 2.35. The Labute approximate surface area is 130 Å². The van der Waals surface area contributed by atoms with Gasteiger partial charge >= 0.3 is 11.4 Å². The monoisotopic (exact) mass is 338 g/mol. The van der Waals surface area contributed by atoms with Crippen molar-refractivity contribution in [3.8, 4) is 20.2 Å². The molecule has 0 saturated heterocycles. The molecule has 0 spiro atoms. The molecule has 9 heteroatoms. The quantitative estimate of drug-likeness (QED) is 0.493. The van der Waals surface area contributed by atoms with E-state index in [1.165, 1.54) is 28.1 Å². The second-order valence-electron chi connectivity index (χ2n) is 3.95. The first-order valence-electron chi connectivity index (χ1n) is 5.61. The highest BCUT2D eigenvalue weighted by Gasteiger charge is 2.33. The number of nitrogens with zero attached hydrogens (tertiary/aromatic N) is 2. The first-order chi connectivity index (χ1) is 10.1. The van der Waals surface area contributed by atoms with Gasteiger partial charge in [0.2, 0.25) is 0 Å². The first-order valence-corrected chi connectivity index (χ1v) is 8.25. The van der Waals surface area contributed by atoms with Gasteiger partial charge in [0.25, 0.3) is 0 Å². The zero-order valence-electron chi connectivity index (χ0n) is 10.2. The van der Waals surface area contributed by atoms with Gasteiger partial charge in [-0.25, -0.2) is 0 Å². The Morgan fingerprint density at radius 2 is 1.71 bits per heavy atom. The van der Waals surface area contributed by atoms with Crippen molar-refractivity contribution in [2.45, 2.75) is 0 Å². The van der Waals surface area contributed by atoms with Crippen LogP contribution in [0.4, 0.5) is 11.4 Å². The Hall–Kier alpha value is -2.10. The minimum absolute atomic E-state index is 0.330. The average Bonchev–Trinajstić information content (AvgIpc) is 3.17. The number of hydrogen-bond acceptors (Lipinski definition) is 7. The molecule has 0 aliphatic heterocycles. The fraction of sp³-hybridized carbons (Fsp3) is 0. The van der Waals surface area contributed by atoms with Crippen LogP contribution in [0.2, 0.25) is 0 Å². The van der Waals surface area contributed by atoms with E-state index < -0.39 is 21.2 Å². The summed E-state index contributed by atoms with van der Waals surface area (Å²) in [4.78, 5) is 23.0. The SMILES string of the molecule is O=[N+]([O-])c1csc(-c2ccsc2-c2cccs2)c1[N+](=O)[O-]. The molecule has 0 fully saturated rings. The summed E-state index contributed by atoms with van der Waals surface area (Å²) in [6.45, 7) is 0. The van der Waals surface area contributed by atoms with Crippen LogP contribution >= 0.6 is 34.0 Å². The molecule has 0 bridgehead atoms. The molecular formula is C12H6N2O4S3. The van der Waals surface area contributed by atoms with Gasteiger partial charge < -0.3 is 0 Å². The molecule has 0 atom stereocenters. The van der Waals surface area contributed by atoms with E-state index in [1.807, 2.05) is 22.9 Å². The van der Waals surface area contributed by atoms with E-state index in [1.54, 1.807) is 6.07 Å². The molecule has 0 saturated carbocycles. The molecule has 3 rings (SSSR count). The lowest BCUT2D eigenvalue weighted by Gasteiger charge is -1.99. The number of hydrogen-bond donors (Lipinski definition) is 0. The molecule has 0 unspecified atom stereocenters. The second kappa shape index (κ2) is 5.35. The van der Waals surface area contributed by atoms with Crippen molar-refractivity contribution in [1.29, 1.82) is 0 Å². The molecule has 0 aliphatic carbocycles. The zero-order valence-corrected chi connectivity index (χ0v) is 12.7. The van der Waals surface area contributed by atoms with Gasteiger partial charge in [-0.3, -0.25) is 20.2 Å². The minimum Gasteiger partial charge on any atom is -0.258 e. The highest BCUT2D eigenvalue weighted by Crippen LogP contribution is 2.48. The first kappa shape index (κ1) is 13.9. The Morgan fingerprint density at radius 3 is 2.33 bits per heavy atom. The summed E-state index contributed by atoms with van der Waals surface area (Å²) in [5.74, 6) is 0. The molecule has 21 heavy (non-hydrogen) atoms. The molecule has 3 aromatic heterocycles. The predicted octanol–water partition coefficient (Wildman–Crippen LogP) is 5.02. The van der Waals surface area contributed by atoms with Crippen LogP contribution in [0, 0.1) is 20.2 Å². The van der Waals surface area contributed by atoms with Crippen LogP contribution in [0.15, 0.2) is 34.3 Å². The maximum Gasteiger partial charge on any atom is 0.364 e. The summed E-state index contributed by atoms with van der Waals surface area (Å²) in [6, 6.07) is 5.59. The minimum atomic E-state index is -0.713. The van der Waals surface area contributed by atoms with Crippen molar-refractivity contribution in [3.05, 3.63) is 54.6 Å². The summed E-state index contributed by atoms with van der Waals surface area (Å²) in [7, 11) is 0. The van der Waals surface area contributed by atoms with Crippen molar-refractivity contribution < 1.29 is 9.85 Å². The smallest absolute Gasteiger partial charge is 0.258 e. The lowest BCUT2D eigenvalue weighted by molar-refractivity contribution is -0.421. The van der Waals surface area contributed by atoms with Crippen LogP contribution < -0.4 is 0 Å². The molecule has 3 aromatic rings. The van der Waals surface area contributed by atoms with Gasteiger partial charge in [-0.15, -0.1) is 34.0 Å². The molecule has 106 valence electrons. The van der Waals surface area contributed by atoms with Crippen LogP contribution in [0.5, 0.6) is 0 Å². The topological polar surface area (TPSA) is 86.3 Å². The number of thiophene rings is 3.